The Morgan fingerprint density at radius 3 is 2.57 bits per heavy atom. The monoisotopic (exact) mass is 475 g/mol. The molecule has 1 fully saturated rings. The van der Waals surface area contributed by atoms with Gasteiger partial charge in [-0.2, -0.15) is 0 Å². The number of ether oxygens (including phenoxy) is 2. The minimum absolute atomic E-state index is 0.00181. The molecule has 0 radical (unpaired) electrons. The summed E-state index contributed by atoms with van der Waals surface area (Å²) in [7, 11) is 1.62. The van der Waals surface area contributed by atoms with E-state index in [2.05, 4.69) is 11.1 Å². The minimum atomic E-state index is -0.542. The number of aromatic nitrogens is 1. The first-order chi connectivity index (χ1) is 16.8. The van der Waals surface area contributed by atoms with Gasteiger partial charge < -0.3 is 24.3 Å². The highest BCUT2D eigenvalue weighted by Gasteiger charge is 2.49. The molecule has 1 aromatic heterocycles. The average Bonchev–Trinajstić information content (AvgIpc) is 3.23. The van der Waals surface area contributed by atoms with Crippen LogP contribution in [0.15, 0.2) is 42.5 Å². The second-order valence-corrected chi connectivity index (χ2v) is 9.79. The number of hydrogen-bond donors (Lipinski definition) is 1. The Hall–Kier alpha value is -3.48. The van der Waals surface area contributed by atoms with E-state index in [4.69, 9.17) is 9.47 Å². The Morgan fingerprint density at radius 1 is 1.09 bits per heavy atom. The van der Waals surface area contributed by atoms with Gasteiger partial charge in [0.2, 0.25) is 11.8 Å². The number of hydrogen-bond acceptors (Lipinski definition) is 4. The number of nitrogens with zero attached hydrogens (tertiary/aromatic N) is 2. The lowest BCUT2D eigenvalue weighted by Crippen LogP contribution is -2.64. The summed E-state index contributed by atoms with van der Waals surface area (Å²) < 4.78 is 11.6. The standard InChI is InChI=1S/C28H33N3O4/c1-6-17(4)30-15-25(32)31-22(28(30)33)14-20-19-9-7-8-10-21(19)29-26(20)27(31)18-11-12-23(35-16(2)3)24(13-18)34-5/h7-13,16-17,22,27,29H,6,14-15H2,1-5H3/t17-,22+,27+/m1/s1. The number of nitrogens with one attached hydrogen (secondary N) is 1. The zero-order valence-corrected chi connectivity index (χ0v) is 21.0. The van der Waals surface area contributed by atoms with Gasteiger partial charge in [0.1, 0.15) is 12.6 Å². The lowest BCUT2D eigenvalue weighted by Gasteiger charge is -2.48. The number of rotatable bonds is 6. The van der Waals surface area contributed by atoms with Gasteiger partial charge in [0.25, 0.3) is 0 Å². The fourth-order valence-corrected chi connectivity index (χ4v) is 5.43. The highest BCUT2D eigenvalue weighted by molar-refractivity contribution is 5.97. The van der Waals surface area contributed by atoms with Gasteiger partial charge in [-0.15, -0.1) is 0 Å². The van der Waals surface area contributed by atoms with Gasteiger partial charge in [0.05, 0.1) is 19.3 Å². The molecular weight excluding hydrogens is 442 g/mol. The number of amides is 2. The van der Waals surface area contributed by atoms with Gasteiger partial charge in [-0.05, 0) is 56.5 Å². The molecule has 2 aromatic carbocycles. The van der Waals surface area contributed by atoms with E-state index in [1.54, 1.807) is 16.9 Å². The summed E-state index contributed by atoms with van der Waals surface area (Å²) in [4.78, 5) is 34.5. The number of aromatic amines is 1. The Bertz CT molecular complexity index is 1280. The summed E-state index contributed by atoms with van der Waals surface area (Å²) in [5.41, 5.74) is 3.95. The van der Waals surface area contributed by atoms with E-state index < -0.39 is 12.1 Å². The topological polar surface area (TPSA) is 74.9 Å². The Balaban J connectivity index is 1.67. The number of carbonyl (C=O) groups is 2. The number of carbonyl (C=O) groups excluding carboxylic acids is 2. The molecule has 0 spiro atoms. The summed E-state index contributed by atoms with van der Waals surface area (Å²) in [6, 6.07) is 13.0. The molecule has 3 atom stereocenters. The van der Waals surface area contributed by atoms with Crippen molar-refractivity contribution in [2.75, 3.05) is 13.7 Å². The molecule has 7 nitrogen and oxygen atoms in total. The van der Waals surface area contributed by atoms with Crippen molar-refractivity contribution in [1.82, 2.24) is 14.8 Å². The van der Waals surface area contributed by atoms with E-state index in [1.807, 2.05) is 64.1 Å². The largest absolute Gasteiger partial charge is 0.493 e. The van der Waals surface area contributed by atoms with E-state index in [1.165, 1.54) is 0 Å². The van der Waals surface area contributed by atoms with Gasteiger partial charge in [-0.1, -0.05) is 31.2 Å². The molecule has 0 unspecified atom stereocenters. The van der Waals surface area contributed by atoms with Crippen LogP contribution in [0.4, 0.5) is 0 Å². The van der Waals surface area contributed by atoms with Crippen molar-refractivity contribution < 1.29 is 19.1 Å². The third kappa shape index (κ3) is 3.83. The van der Waals surface area contributed by atoms with Crippen molar-refractivity contribution in [2.45, 2.75) is 64.8 Å². The number of para-hydroxylation sites is 1. The van der Waals surface area contributed by atoms with Crippen molar-refractivity contribution in [3.63, 3.8) is 0 Å². The number of piperazine rings is 1. The highest BCUT2D eigenvalue weighted by atomic mass is 16.5. The van der Waals surface area contributed by atoms with E-state index in [9.17, 15) is 9.59 Å². The van der Waals surface area contributed by atoms with Gasteiger partial charge in [-0.3, -0.25) is 9.59 Å². The molecule has 2 amide bonds. The zero-order chi connectivity index (χ0) is 24.9. The number of methoxy groups -OCH3 is 1. The lowest BCUT2D eigenvalue weighted by molar-refractivity contribution is -0.160. The predicted molar refractivity (Wildman–Crippen MR) is 135 cm³/mol. The summed E-state index contributed by atoms with van der Waals surface area (Å²) >= 11 is 0. The van der Waals surface area contributed by atoms with Crippen molar-refractivity contribution >= 4 is 22.7 Å². The molecule has 3 heterocycles. The third-order valence-electron chi connectivity index (χ3n) is 7.28. The van der Waals surface area contributed by atoms with Crippen LogP contribution >= 0.6 is 0 Å². The molecule has 0 aliphatic carbocycles. The van der Waals surface area contributed by atoms with Gasteiger partial charge in [-0.25, -0.2) is 0 Å². The molecule has 35 heavy (non-hydrogen) atoms. The van der Waals surface area contributed by atoms with Crippen LogP contribution in [0.2, 0.25) is 0 Å². The van der Waals surface area contributed by atoms with Crippen molar-refractivity contribution in [3.8, 4) is 11.5 Å². The van der Waals surface area contributed by atoms with Crippen molar-refractivity contribution in [2.24, 2.45) is 0 Å². The van der Waals surface area contributed by atoms with Gasteiger partial charge in [0.15, 0.2) is 11.5 Å². The van der Waals surface area contributed by atoms with Crippen LogP contribution in [0.25, 0.3) is 10.9 Å². The molecule has 1 saturated heterocycles. The van der Waals surface area contributed by atoms with E-state index >= 15 is 0 Å². The summed E-state index contributed by atoms with van der Waals surface area (Å²) in [5.74, 6) is 1.24. The molecular formula is C28H33N3O4. The number of H-pyrrole nitrogens is 1. The predicted octanol–water partition coefficient (Wildman–Crippen LogP) is 4.45. The Labute approximate surface area is 206 Å². The van der Waals surface area contributed by atoms with Gasteiger partial charge in [0, 0.05) is 29.1 Å². The van der Waals surface area contributed by atoms with E-state index in [0.717, 1.165) is 34.1 Å². The quantitative estimate of drug-likeness (QED) is 0.572. The third-order valence-corrected chi connectivity index (χ3v) is 7.28. The summed E-state index contributed by atoms with van der Waals surface area (Å²) in [5, 5.41) is 1.10. The van der Waals surface area contributed by atoms with Crippen molar-refractivity contribution in [3.05, 3.63) is 59.3 Å². The fraction of sp³-hybridized carbons (Fsp3) is 0.429. The van der Waals surface area contributed by atoms with Crippen LogP contribution in [0.1, 0.15) is 57.0 Å². The molecule has 5 rings (SSSR count). The first-order valence-corrected chi connectivity index (χ1v) is 12.4. The van der Waals surface area contributed by atoms with Crippen LogP contribution < -0.4 is 9.47 Å². The molecule has 3 aromatic rings. The SMILES string of the molecule is CC[C@@H](C)N1CC(=O)N2[C@@H](c3ccc(OC(C)C)c(OC)c3)c3[nH]c4ccccc4c3C[C@H]2C1=O. The summed E-state index contributed by atoms with van der Waals surface area (Å²) in [6.07, 6.45) is 1.31. The first-order valence-electron chi connectivity index (χ1n) is 12.4. The Kier molecular flexibility index (Phi) is 5.95. The maximum absolute atomic E-state index is 13.7. The van der Waals surface area contributed by atoms with E-state index in [-0.39, 0.29) is 30.5 Å². The summed E-state index contributed by atoms with van der Waals surface area (Å²) in [6.45, 7) is 8.09. The highest BCUT2D eigenvalue weighted by Crippen LogP contribution is 2.44. The molecule has 184 valence electrons. The molecule has 2 aliphatic heterocycles. The molecule has 7 heteroatoms. The zero-order valence-electron chi connectivity index (χ0n) is 21.0. The van der Waals surface area contributed by atoms with Crippen LogP contribution in [0.3, 0.4) is 0 Å². The Morgan fingerprint density at radius 2 is 1.86 bits per heavy atom. The minimum Gasteiger partial charge on any atom is -0.493 e. The van der Waals surface area contributed by atoms with Crippen LogP contribution in [-0.4, -0.2) is 58.4 Å². The van der Waals surface area contributed by atoms with Crippen LogP contribution in [-0.2, 0) is 16.0 Å². The maximum Gasteiger partial charge on any atom is 0.246 e. The second kappa shape index (κ2) is 8.95. The van der Waals surface area contributed by atoms with Crippen LogP contribution in [0.5, 0.6) is 11.5 Å². The van der Waals surface area contributed by atoms with Gasteiger partial charge >= 0.3 is 0 Å². The van der Waals surface area contributed by atoms with Crippen LogP contribution in [0, 0.1) is 0 Å². The normalized spacial score (nSPS) is 20.7. The molecule has 0 saturated carbocycles. The second-order valence-electron chi connectivity index (χ2n) is 9.79. The molecule has 2 aliphatic rings. The number of benzene rings is 2. The first kappa shape index (κ1) is 23.3. The average molecular weight is 476 g/mol. The molecule has 1 N–H and O–H groups in total. The fourth-order valence-electron chi connectivity index (χ4n) is 5.43. The molecule has 0 bridgehead atoms. The smallest absolute Gasteiger partial charge is 0.246 e. The lowest BCUT2D eigenvalue weighted by atomic mass is 9.85. The van der Waals surface area contributed by atoms with Crippen molar-refractivity contribution in [1.29, 1.82) is 0 Å². The van der Waals surface area contributed by atoms with E-state index in [0.29, 0.717) is 17.9 Å². The number of fused-ring (bicyclic) bond motifs is 4. The maximum atomic E-state index is 13.7.